The first-order valence-electron chi connectivity index (χ1n) is 7.52. The molecule has 2 rings (SSSR count). The lowest BCUT2D eigenvalue weighted by Crippen LogP contribution is -2.30. The van der Waals surface area contributed by atoms with Crippen molar-refractivity contribution in [1.82, 2.24) is 5.32 Å². The van der Waals surface area contributed by atoms with E-state index in [0.29, 0.717) is 17.4 Å². The minimum atomic E-state index is -0.884. The molecule has 0 saturated heterocycles. The van der Waals surface area contributed by atoms with Gasteiger partial charge in [0.05, 0.1) is 12.7 Å². The molecule has 25 heavy (non-hydrogen) atoms. The molecule has 0 unspecified atom stereocenters. The molecule has 0 heterocycles. The van der Waals surface area contributed by atoms with Crippen molar-refractivity contribution in [2.24, 2.45) is 0 Å². The van der Waals surface area contributed by atoms with Crippen molar-refractivity contribution in [2.75, 3.05) is 20.3 Å². The third-order valence-electron chi connectivity index (χ3n) is 3.39. The van der Waals surface area contributed by atoms with E-state index in [9.17, 15) is 14.0 Å². The Bertz CT molecular complexity index is 766. The van der Waals surface area contributed by atoms with E-state index >= 15 is 0 Å². The second-order valence-electron chi connectivity index (χ2n) is 5.11. The fourth-order valence-corrected chi connectivity index (χ4v) is 2.49. The highest BCUT2D eigenvalue weighted by atomic mass is 79.9. The summed E-state index contributed by atoms with van der Waals surface area (Å²) in [4.78, 5) is 23.5. The summed E-state index contributed by atoms with van der Waals surface area (Å²) in [5.74, 6) is -1.31. The maximum absolute atomic E-state index is 13.6. The van der Waals surface area contributed by atoms with Crippen molar-refractivity contribution in [2.45, 2.75) is 6.42 Å². The van der Waals surface area contributed by atoms with Gasteiger partial charge in [-0.05, 0) is 36.2 Å². The highest BCUT2D eigenvalue weighted by Gasteiger charge is 2.15. The highest BCUT2D eigenvalue weighted by molar-refractivity contribution is 9.10. The van der Waals surface area contributed by atoms with Gasteiger partial charge in [0, 0.05) is 11.0 Å². The van der Waals surface area contributed by atoms with Gasteiger partial charge in [0.15, 0.2) is 6.61 Å². The summed E-state index contributed by atoms with van der Waals surface area (Å²) < 4.78 is 24.2. The van der Waals surface area contributed by atoms with Crippen LogP contribution in [0.1, 0.15) is 15.9 Å². The van der Waals surface area contributed by atoms with Gasteiger partial charge >= 0.3 is 5.97 Å². The van der Waals surface area contributed by atoms with E-state index in [2.05, 4.69) is 21.2 Å². The van der Waals surface area contributed by atoms with Gasteiger partial charge in [0.2, 0.25) is 0 Å². The van der Waals surface area contributed by atoms with Gasteiger partial charge < -0.3 is 14.8 Å². The summed E-state index contributed by atoms with van der Waals surface area (Å²) >= 11 is 3.10. The van der Waals surface area contributed by atoms with Crippen LogP contribution in [0.15, 0.2) is 46.9 Å². The molecule has 132 valence electrons. The Balaban J connectivity index is 1.78. The zero-order valence-corrected chi connectivity index (χ0v) is 15.1. The molecule has 0 aliphatic rings. The SMILES string of the molecule is COc1ccccc1CCNC(=O)COC(=O)c1ccc(Br)cc1F. The second kappa shape index (κ2) is 9.17. The van der Waals surface area contributed by atoms with Crippen LogP contribution in [-0.2, 0) is 16.0 Å². The molecule has 0 bridgehead atoms. The molecule has 1 amide bonds. The molecule has 0 atom stereocenters. The Hall–Kier alpha value is -2.41. The summed E-state index contributed by atoms with van der Waals surface area (Å²) in [7, 11) is 1.58. The summed E-state index contributed by atoms with van der Waals surface area (Å²) in [5, 5.41) is 2.64. The first kappa shape index (κ1) is 18.9. The van der Waals surface area contributed by atoms with Crippen LogP contribution in [0.2, 0.25) is 0 Å². The molecule has 0 radical (unpaired) electrons. The number of para-hydroxylation sites is 1. The van der Waals surface area contributed by atoms with Crippen LogP contribution in [0.4, 0.5) is 4.39 Å². The minimum Gasteiger partial charge on any atom is -0.496 e. The molecule has 1 N–H and O–H groups in total. The van der Waals surface area contributed by atoms with E-state index in [4.69, 9.17) is 9.47 Å². The summed E-state index contributed by atoms with van der Waals surface area (Å²) in [6, 6.07) is 11.5. The second-order valence-corrected chi connectivity index (χ2v) is 6.03. The molecule has 0 aliphatic carbocycles. The first-order valence-corrected chi connectivity index (χ1v) is 8.31. The quantitative estimate of drug-likeness (QED) is 0.713. The summed E-state index contributed by atoms with van der Waals surface area (Å²) in [6.07, 6.45) is 0.574. The maximum atomic E-state index is 13.6. The number of hydrogen-bond acceptors (Lipinski definition) is 4. The number of hydrogen-bond donors (Lipinski definition) is 1. The van der Waals surface area contributed by atoms with Crippen LogP contribution in [0.25, 0.3) is 0 Å². The Labute approximate surface area is 153 Å². The van der Waals surface area contributed by atoms with Crippen molar-refractivity contribution in [3.05, 3.63) is 63.9 Å². The number of carbonyl (C=O) groups is 2. The average Bonchev–Trinajstić information content (AvgIpc) is 2.60. The lowest BCUT2D eigenvalue weighted by atomic mass is 10.1. The molecule has 2 aromatic rings. The highest BCUT2D eigenvalue weighted by Crippen LogP contribution is 2.17. The number of methoxy groups -OCH3 is 1. The van der Waals surface area contributed by atoms with Crippen molar-refractivity contribution in [3.8, 4) is 5.75 Å². The van der Waals surface area contributed by atoms with Crippen molar-refractivity contribution >= 4 is 27.8 Å². The van der Waals surface area contributed by atoms with Gasteiger partial charge in [-0.3, -0.25) is 4.79 Å². The number of ether oxygens (including phenoxy) is 2. The van der Waals surface area contributed by atoms with Gasteiger partial charge in [0.25, 0.3) is 5.91 Å². The predicted octanol–water partition coefficient (Wildman–Crippen LogP) is 3.11. The van der Waals surface area contributed by atoms with E-state index in [1.165, 1.54) is 12.1 Å². The van der Waals surface area contributed by atoms with Gasteiger partial charge in [-0.2, -0.15) is 0 Å². The fourth-order valence-electron chi connectivity index (χ4n) is 2.16. The van der Waals surface area contributed by atoms with E-state index in [1.807, 2.05) is 24.3 Å². The number of nitrogens with one attached hydrogen (secondary N) is 1. The summed E-state index contributed by atoms with van der Waals surface area (Å²) in [5.41, 5.74) is 0.740. The molecule has 0 fully saturated rings. The van der Waals surface area contributed by atoms with Crippen molar-refractivity contribution in [1.29, 1.82) is 0 Å². The minimum absolute atomic E-state index is 0.218. The van der Waals surface area contributed by atoms with Crippen LogP contribution in [-0.4, -0.2) is 32.1 Å². The first-order chi connectivity index (χ1) is 12.0. The van der Waals surface area contributed by atoms with E-state index < -0.39 is 24.3 Å². The van der Waals surface area contributed by atoms with Crippen LogP contribution in [0.5, 0.6) is 5.75 Å². The summed E-state index contributed by atoms with van der Waals surface area (Å²) in [6.45, 7) is -0.107. The molecule has 7 heteroatoms. The molecular formula is C18H17BrFNO4. The fraction of sp³-hybridized carbons (Fsp3) is 0.222. The number of rotatable bonds is 7. The lowest BCUT2D eigenvalue weighted by molar-refractivity contribution is -0.124. The number of amides is 1. The standard InChI is InChI=1S/C18H17BrFNO4/c1-24-16-5-3-2-4-12(16)8-9-21-17(22)11-25-18(23)14-7-6-13(19)10-15(14)20/h2-7,10H,8-9,11H2,1H3,(H,21,22). The molecule has 0 saturated carbocycles. The Morgan fingerprint density at radius 2 is 1.96 bits per heavy atom. The number of halogens is 2. The van der Waals surface area contributed by atoms with Crippen molar-refractivity contribution in [3.63, 3.8) is 0 Å². The Morgan fingerprint density at radius 3 is 2.68 bits per heavy atom. The Morgan fingerprint density at radius 1 is 1.20 bits per heavy atom. The van der Waals surface area contributed by atoms with Gasteiger partial charge in [-0.25, -0.2) is 9.18 Å². The number of benzene rings is 2. The lowest BCUT2D eigenvalue weighted by Gasteiger charge is -2.09. The van der Waals surface area contributed by atoms with E-state index in [0.717, 1.165) is 17.4 Å². The van der Waals surface area contributed by atoms with E-state index in [1.54, 1.807) is 7.11 Å². The van der Waals surface area contributed by atoms with Crippen LogP contribution >= 0.6 is 15.9 Å². The third kappa shape index (κ3) is 5.56. The van der Waals surface area contributed by atoms with Crippen LogP contribution in [0, 0.1) is 5.82 Å². The Kier molecular flexibility index (Phi) is 6.94. The monoisotopic (exact) mass is 409 g/mol. The van der Waals surface area contributed by atoms with Crippen LogP contribution < -0.4 is 10.1 Å². The largest absolute Gasteiger partial charge is 0.496 e. The normalized spacial score (nSPS) is 10.2. The van der Waals surface area contributed by atoms with Gasteiger partial charge in [-0.1, -0.05) is 34.1 Å². The van der Waals surface area contributed by atoms with E-state index in [-0.39, 0.29) is 5.56 Å². The molecule has 0 spiro atoms. The van der Waals surface area contributed by atoms with Crippen molar-refractivity contribution < 1.29 is 23.5 Å². The molecule has 0 aromatic heterocycles. The molecule has 2 aromatic carbocycles. The zero-order chi connectivity index (χ0) is 18.2. The topological polar surface area (TPSA) is 64.6 Å². The van der Waals surface area contributed by atoms with Crippen LogP contribution in [0.3, 0.4) is 0 Å². The smallest absolute Gasteiger partial charge is 0.341 e. The average molecular weight is 410 g/mol. The number of carbonyl (C=O) groups excluding carboxylic acids is 2. The maximum Gasteiger partial charge on any atom is 0.341 e. The number of esters is 1. The third-order valence-corrected chi connectivity index (χ3v) is 3.89. The molecule has 5 nitrogen and oxygen atoms in total. The molecule has 0 aliphatic heterocycles. The predicted molar refractivity (Wildman–Crippen MR) is 94.1 cm³/mol. The van der Waals surface area contributed by atoms with Gasteiger partial charge in [-0.15, -0.1) is 0 Å². The molecular weight excluding hydrogens is 393 g/mol. The zero-order valence-electron chi connectivity index (χ0n) is 13.6. The van der Waals surface area contributed by atoms with Gasteiger partial charge in [0.1, 0.15) is 11.6 Å².